The number of aromatic amines is 1. The minimum Gasteiger partial charge on any atom is -0.361 e. The van der Waals surface area contributed by atoms with Crippen molar-refractivity contribution in [1.29, 1.82) is 0 Å². The minimum atomic E-state index is 0.528. The normalized spacial score (nSPS) is 11.4. The van der Waals surface area contributed by atoms with Crippen LogP contribution in [0.2, 0.25) is 0 Å². The van der Waals surface area contributed by atoms with Gasteiger partial charge >= 0.3 is 0 Å². The van der Waals surface area contributed by atoms with Gasteiger partial charge in [-0.3, -0.25) is 0 Å². The van der Waals surface area contributed by atoms with Crippen molar-refractivity contribution in [2.75, 3.05) is 0 Å². The summed E-state index contributed by atoms with van der Waals surface area (Å²) in [6.45, 7) is 6.69. The molecule has 1 N–H and O–H groups in total. The molecule has 0 spiro atoms. The monoisotopic (exact) mass is 249 g/mol. The number of benzene rings is 2. The van der Waals surface area contributed by atoms with Gasteiger partial charge in [-0.1, -0.05) is 56.3 Å². The van der Waals surface area contributed by atoms with E-state index in [0.29, 0.717) is 5.92 Å². The molecule has 0 saturated carbocycles. The van der Waals surface area contributed by atoms with Crippen molar-refractivity contribution in [3.63, 3.8) is 0 Å². The number of fused-ring (bicyclic) bond motifs is 1. The molecule has 2 aromatic carbocycles. The SMILES string of the molecule is Cc1c[nH]c(-c2cccc3ccccc23)c1C(C)C. The molecule has 1 nitrogen and oxygen atoms in total. The first-order chi connectivity index (χ1) is 9.18. The second-order valence-electron chi connectivity index (χ2n) is 5.44. The van der Waals surface area contributed by atoms with E-state index in [0.717, 1.165) is 0 Å². The van der Waals surface area contributed by atoms with Crippen LogP contribution in [-0.4, -0.2) is 4.98 Å². The standard InChI is InChI=1S/C18H19N/c1-12(2)17-13(3)11-19-18(17)16-10-6-8-14-7-4-5-9-15(14)16/h4-12,19H,1-3H3. The van der Waals surface area contributed by atoms with Crippen molar-refractivity contribution in [3.05, 3.63) is 59.8 Å². The van der Waals surface area contributed by atoms with E-state index in [1.165, 1.54) is 33.2 Å². The third kappa shape index (κ3) is 1.95. The Labute approximate surface area is 114 Å². The predicted molar refractivity (Wildman–Crippen MR) is 82.6 cm³/mol. The Kier molecular flexibility index (Phi) is 2.90. The summed E-state index contributed by atoms with van der Waals surface area (Å²) in [6, 6.07) is 15.1. The summed E-state index contributed by atoms with van der Waals surface area (Å²) in [5.41, 5.74) is 5.34. The van der Waals surface area contributed by atoms with Gasteiger partial charge in [0.2, 0.25) is 0 Å². The van der Waals surface area contributed by atoms with Gasteiger partial charge in [0.05, 0.1) is 0 Å². The fraction of sp³-hybridized carbons (Fsp3) is 0.222. The van der Waals surface area contributed by atoms with Crippen molar-refractivity contribution < 1.29 is 0 Å². The molecule has 0 bridgehead atoms. The predicted octanol–water partition coefficient (Wildman–Crippen LogP) is 5.27. The number of rotatable bonds is 2. The van der Waals surface area contributed by atoms with Crippen LogP contribution in [-0.2, 0) is 0 Å². The molecule has 1 heterocycles. The molecule has 0 radical (unpaired) electrons. The third-order valence-corrected chi connectivity index (χ3v) is 3.76. The largest absolute Gasteiger partial charge is 0.361 e. The molecule has 0 atom stereocenters. The summed E-state index contributed by atoms with van der Waals surface area (Å²) in [5, 5.41) is 2.61. The Morgan fingerprint density at radius 1 is 0.947 bits per heavy atom. The molecule has 0 aliphatic rings. The molecule has 96 valence electrons. The lowest BCUT2D eigenvalue weighted by atomic mass is 9.93. The quantitative estimate of drug-likeness (QED) is 0.637. The number of nitrogens with one attached hydrogen (secondary N) is 1. The van der Waals surface area contributed by atoms with Gasteiger partial charge in [0.15, 0.2) is 0 Å². The first kappa shape index (κ1) is 12.0. The van der Waals surface area contributed by atoms with E-state index in [9.17, 15) is 0 Å². The highest BCUT2D eigenvalue weighted by molar-refractivity contribution is 5.96. The summed E-state index contributed by atoms with van der Waals surface area (Å²) >= 11 is 0. The van der Waals surface area contributed by atoms with Gasteiger partial charge in [0.25, 0.3) is 0 Å². The number of aromatic nitrogens is 1. The maximum Gasteiger partial charge on any atom is 0.0498 e. The molecule has 0 saturated heterocycles. The van der Waals surface area contributed by atoms with Crippen LogP contribution in [0.15, 0.2) is 48.7 Å². The Balaban J connectivity index is 2.31. The van der Waals surface area contributed by atoms with Crippen molar-refractivity contribution in [1.82, 2.24) is 4.98 Å². The summed E-state index contributed by atoms with van der Waals surface area (Å²) in [4.78, 5) is 3.46. The Hall–Kier alpha value is -2.02. The first-order valence-corrected chi connectivity index (χ1v) is 6.84. The van der Waals surface area contributed by atoms with Crippen LogP contribution in [0.1, 0.15) is 30.9 Å². The minimum absolute atomic E-state index is 0.528. The summed E-state index contributed by atoms with van der Waals surface area (Å²) in [7, 11) is 0. The maximum absolute atomic E-state index is 3.46. The average Bonchev–Trinajstić information content (AvgIpc) is 2.80. The topological polar surface area (TPSA) is 15.8 Å². The van der Waals surface area contributed by atoms with Gasteiger partial charge < -0.3 is 4.98 Å². The average molecular weight is 249 g/mol. The molecule has 0 fully saturated rings. The zero-order chi connectivity index (χ0) is 13.4. The Morgan fingerprint density at radius 2 is 1.68 bits per heavy atom. The Morgan fingerprint density at radius 3 is 2.47 bits per heavy atom. The van der Waals surface area contributed by atoms with Gasteiger partial charge in [-0.15, -0.1) is 0 Å². The molecular formula is C18H19N. The highest BCUT2D eigenvalue weighted by Crippen LogP contribution is 2.34. The van der Waals surface area contributed by atoms with Crippen LogP contribution in [0.5, 0.6) is 0 Å². The number of hydrogen-bond acceptors (Lipinski definition) is 0. The highest BCUT2D eigenvalue weighted by Gasteiger charge is 2.14. The van der Waals surface area contributed by atoms with E-state index in [1.807, 2.05) is 0 Å². The van der Waals surface area contributed by atoms with Crippen LogP contribution >= 0.6 is 0 Å². The molecule has 19 heavy (non-hydrogen) atoms. The lowest BCUT2D eigenvalue weighted by Gasteiger charge is -2.11. The zero-order valence-electron chi connectivity index (χ0n) is 11.7. The molecular weight excluding hydrogens is 230 g/mol. The maximum atomic E-state index is 3.46. The molecule has 3 rings (SSSR count). The first-order valence-electron chi connectivity index (χ1n) is 6.84. The van der Waals surface area contributed by atoms with Crippen LogP contribution < -0.4 is 0 Å². The van der Waals surface area contributed by atoms with E-state index in [4.69, 9.17) is 0 Å². The molecule has 1 aromatic heterocycles. The van der Waals surface area contributed by atoms with Gasteiger partial charge in [-0.05, 0) is 34.7 Å². The molecule has 1 heteroatoms. The lowest BCUT2D eigenvalue weighted by Crippen LogP contribution is -1.92. The molecule has 3 aromatic rings. The highest BCUT2D eigenvalue weighted by atomic mass is 14.7. The summed E-state index contributed by atoms with van der Waals surface area (Å²) in [6.07, 6.45) is 2.12. The van der Waals surface area contributed by atoms with Crippen molar-refractivity contribution in [3.8, 4) is 11.3 Å². The van der Waals surface area contributed by atoms with Gasteiger partial charge in [-0.2, -0.15) is 0 Å². The molecule has 0 amide bonds. The van der Waals surface area contributed by atoms with E-state index >= 15 is 0 Å². The number of H-pyrrole nitrogens is 1. The van der Waals surface area contributed by atoms with Crippen LogP contribution in [0, 0.1) is 6.92 Å². The Bertz CT molecular complexity index is 714. The third-order valence-electron chi connectivity index (χ3n) is 3.76. The van der Waals surface area contributed by atoms with Crippen molar-refractivity contribution in [2.24, 2.45) is 0 Å². The van der Waals surface area contributed by atoms with Gasteiger partial charge in [-0.25, -0.2) is 0 Å². The fourth-order valence-corrected chi connectivity index (χ4v) is 2.94. The smallest absolute Gasteiger partial charge is 0.0498 e. The van der Waals surface area contributed by atoms with E-state index in [1.54, 1.807) is 0 Å². The number of hydrogen-bond donors (Lipinski definition) is 1. The molecule has 0 aliphatic heterocycles. The van der Waals surface area contributed by atoms with Crippen molar-refractivity contribution >= 4 is 10.8 Å². The van der Waals surface area contributed by atoms with E-state index in [-0.39, 0.29) is 0 Å². The summed E-state index contributed by atoms with van der Waals surface area (Å²) < 4.78 is 0. The summed E-state index contributed by atoms with van der Waals surface area (Å²) in [5.74, 6) is 0.528. The van der Waals surface area contributed by atoms with Gasteiger partial charge in [0, 0.05) is 17.5 Å². The van der Waals surface area contributed by atoms with Crippen LogP contribution in [0.25, 0.3) is 22.0 Å². The van der Waals surface area contributed by atoms with Crippen LogP contribution in [0.4, 0.5) is 0 Å². The van der Waals surface area contributed by atoms with Crippen molar-refractivity contribution in [2.45, 2.75) is 26.7 Å². The second-order valence-corrected chi connectivity index (χ2v) is 5.44. The number of aryl methyl sites for hydroxylation is 1. The molecule has 0 unspecified atom stereocenters. The lowest BCUT2D eigenvalue weighted by molar-refractivity contribution is 0.863. The van der Waals surface area contributed by atoms with E-state index < -0.39 is 0 Å². The molecule has 0 aliphatic carbocycles. The van der Waals surface area contributed by atoms with E-state index in [2.05, 4.69) is 74.4 Å². The van der Waals surface area contributed by atoms with Gasteiger partial charge in [0.1, 0.15) is 0 Å². The second kappa shape index (κ2) is 4.58. The zero-order valence-corrected chi connectivity index (χ0v) is 11.7. The van der Waals surface area contributed by atoms with Crippen LogP contribution in [0.3, 0.4) is 0 Å². The fourth-order valence-electron chi connectivity index (χ4n) is 2.94.